The van der Waals surface area contributed by atoms with Crippen molar-refractivity contribution in [2.45, 2.75) is 19.5 Å². The molecular formula is C15H15N3O2. The number of aromatic nitrogens is 2. The minimum Gasteiger partial charge on any atom is -0.478 e. The Bertz CT molecular complexity index is 643. The SMILES string of the molecule is O=C(O)c1cncnc1CN1CCc2ccccc2C1. The zero-order valence-corrected chi connectivity index (χ0v) is 11.0. The van der Waals surface area contributed by atoms with Crippen molar-refractivity contribution in [3.63, 3.8) is 0 Å². The fraction of sp³-hybridized carbons (Fsp3) is 0.267. The summed E-state index contributed by atoms with van der Waals surface area (Å²) < 4.78 is 0. The van der Waals surface area contributed by atoms with Crippen LogP contribution in [0, 0.1) is 0 Å². The lowest BCUT2D eigenvalue weighted by molar-refractivity contribution is 0.0693. The number of rotatable bonds is 3. The summed E-state index contributed by atoms with van der Waals surface area (Å²) in [6.45, 7) is 2.29. The minimum atomic E-state index is -0.974. The van der Waals surface area contributed by atoms with Crippen molar-refractivity contribution < 1.29 is 9.90 Å². The number of aromatic carboxylic acids is 1. The van der Waals surface area contributed by atoms with Crippen LogP contribution in [0.1, 0.15) is 27.2 Å². The van der Waals surface area contributed by atoms with Crippen LogP contribution in [0.25, 0.3) is 0 Å². The van der Waals surface area contributed by atoms with Crippen molar-refractivity contribution >= 4 is 5.97 Å². The lowest BCUT2D eigenvalue weighted by Gasteiger charge is -2.28. The molecule has 0 spiro atoms. The van der Waals surface area contributed by atoms with Gasteiger partial charge in [0.05, 0.1) is 5.69 Å². The maximum absolute atomic E-state index is 11.2. The van der Waals surface area contributed by atoms with Crippen LogP contribution in [0.4, 0.5) is 0 Å². The first-order valence-electron chi connectivity index (χ1n) is 6.55. The molecule has 5 nitrogen and oxygen atoms in total. The summed E-state index contributed by atoms with van der Waals surface area (Å²) in [7, 11) is 0. The Morgan fingerprint density at radius 3 is 2.90 bits per heavy atom. The topological polar surface area (TPSA) is 66.3 Å². The van der Waals surface area contributed by atoms with Gasteiger partial charge < -0.3 is 5.11 Å². The van der Waals surface area contributed by atoms with Gasteiger partial charge in [0.1, 0.15) is 11.9 Å². The third-order valence-electron chi connectivity index (χ3n) is 3.61. The molecule has 102 valence electrons. The van der Waals surface area contributed by atoms with Crippen molar-refractivity contribution in [3.8, 4) is 0 Å². The summed E-state index contributed by atoms with van der Waals surface area (Å²) in [5.41, 5.74) is 3.45. The molecule has 2 aromatic rings. The van der Waals surface area contributed by atoms with E-state index in [1.807, 2.05) is 6.07 Å². The molecule has 0 fully saturated rings. The van der Waals surface area contributed by atoms with E-state index < -0.39 is 5.97 Å². The van der Waals surface area contributed by atoms with Crippen LogP contribution in [-0.4, -0.2) is 32.5 Å². The molecule has 0 unspecified atom stereocenters. The summed E-state index contributed by atoms with van der Waals surface area (Å²) in [5, 5.41) is 9.15. The Balaban J connectivity index is 1.79. The normalized spacial score (nSPS) is 14.8. The van der Waals surface area contributed by atoms with E-state index in [2.05, 4.69) is 33.1 Å². The fourth-order valence-electron chi connectivity index (χ4n) is 2.56. The van der Waals surface area contributed by atoms with Crippen molar-refractivity contribution in [2.24, 2.45) is 0 Å². The second-order valence-electron chi connectivity index (χ2n) is 4.92. The second kappa shape index (κ2) is 5.38. The van der Waals surface area contributed by atoms with E-state index in [4.69, 9.17) is 5.11 Å². The molecule has 1 aromatic heterocycles. The molecule has 1 N–H and O–H groups in total. The van der Waals surface area contributed by atoms with Crippen LogP contribution < -0.4 is 0 Å². The molecule has 0 atom stereocenters. The van der Waals surface area contributed by atoms with Gasteiger partial charge in [-0.2, -0.15) is 0 Å². The van der Waals surface area contributed by atoms with Crippen LogP contribution in [0.15, 0.2) is 36.8 Å². The van der Waals surface area contributed by atoms with Crippen LogP contribution >= 0.6 is 0 Å². The molecular weight excluding hydrogens is 254 g/mol. The highest BCUT2D eigenvalue weighted by atomic mass is 16.4. The Labute approximate surface area is 116 Å². The molecule has 1 aromatic carbocycles. The van der Waals surface area contributed by atoms with Crippen molar-refractivity contribution in [1.82, 2.24) is 14.9 Å². The molecule has 1 aliphatic heterocycles. The third kappa shape index (κ3) is 2.53. The molecule has 5 heteroatoms. The monoisotopic (exact) mass is 269 g/mol. The van der Waals surface area contributed by atoms with Crippen LogP contribution in [0.2, 0.25) is 0 Å². The molecule has 0 bridgehead atoms. The van der Waals surface area contributed by atoms with Gasteiger partial charge in [0, 0.05) is 25.8 Å². The van der Waals surface area contributed by atoms with E-state index in [-0.39, 0.29) is 5.56 Å². The summed E-state index contributed by atoms with van der Waals surface area (Å²) in [6, 6.07) is 8.37. The van der Waals surface area contributed by atoms with Crippen LogP contribution in [-0.2, 0) is 19.5 Å². The lowest BCUT2D eigenvalue weighted by Crippen LogP contribution is -2.31. The summed E-state index contributed by atoms with van der Waals surface area (Å²) in [4.78, 5) is 21.3. The zero-order chi connectivity index (χ0) is 13.9. The van der Waals surface area contributed by atoms with Gasteiger partial charge in [-0.25, -0.2) is 14.8 Å². The van der Waals surface area contributed by atoms with Crippen LogP contribution in [0.5, 0.6) is 0 Å². The summed E-state index contributed by atoms with van der Waals surface area (Å²) >= 11 is 0. The predicted octanol–water partition coefficient (Wildman–Crippen LogP) is 1.73. The summed E-state index contributed by atoms with van der Waals surface area (Å²) in [5.74, 6) is -0.974. The second-order valence-corrected chi connectivity index (χ2v) is 4.92. The number of hydrogen-bond donors (Lipinski definition) is 1. The third-order valence-corrected chi connectivity index (χ3v) is 3.61. The van der Waals surface area contributed by atoms with E-state index >= 15 is 0 Å². The number of nitrogens with zero attached hydrogens (tertiary/aromatic N) is 3. The van der Waals surface area contributed by atoms with E-state index in [1.54, 1.807) is 0 Å². The molecule has 0 saturated carbocycles. The number of benzene rings is 1. The van der Waals surface area contributed by atoms with Crippen LogP contribution in [0.3, 0.4) is 0 Å². The fourth-order valence-corrected chi connectivity index (χ4v) is 2.56. The maximum atomic E-state index is 11.2. The highest BCUT2D eigenvalue weighted by molar-refractivity contribution is 5.88. The van der Waals surface area contributed by atoms with Gasteiger partial charge >= 0.3 is 5.97 Å². The number of carbonyl (C=O) groups is 1. The quantitative estimate of drug-likeness (QED) is 0.919. The van der Waals surface area contributed by atoms with E-state index in [9.17, 15) is 4.79 Å². The Morgan fingerprint density at radius 2 is 2.10 bits per heavy atom. The van der Waals surface area contributed by atoms with Crippen molar-refractivity contribution in [1.29, 1.82) is 0 Å². The molecule has 0 amide bonds. The first kappa shape index (κ1) is 12.7. The molecule has 2 heterocycles. The van der Waals surface area contributed by atoms with Gasteiger partial charge in [0.25, 0.3) is 0 Å². The van der Waals surface area contributed by atoms with Gasteiger partial charge in [0.15, 0.2) is 0 Å². The summed E-state index contributed by atoms with van der Waals surface area (Å²) in [6.07, 6.45) is 3.76. The molecule has 0 aliphatic carbocycles. The smallest absolute Gasteiger partial charge is 0.339 e. The first-order valence-corrected chi connectivity index (χ1v) is 6.55. The van der Waals surface area contributed by atoms with Crippen molar-refractivity contribution in [3.05, 3.63) is 59.2 Å². The zero-order valence-electron chi connectivity index (χ0n) is 11.0. The van der Waals surface area contributed by atoms with Gasteiger partial charge in [0.2, 0.25) is 0 Å². The molecule has 0 saturated heterocycles. The number of hydrogen-bond acceptors (Lipinski definition) is 4. The standard InChI is InChI=1S/C15H15N3O2/c19-15(20)13-7-16-10-17-14(13)9-18-6-5-11-3-1-2-4-12(11)8-18/h1-4,7,10H,5-6,8-9H2,(H,19,20). The predicted molar refractivity (Wildman–Crippen MR) is 73.3 cm³/mol. The Kier molecular flexibility index (Phi) is 3.43. The van der Waals surface area contributed by atoms with E-state index in [1.165, 1.54) is 23.7 Å². The Morgan fingerprint density at radius 1 is 1.30 bits per heavy atom. The molecule has 20 heavy (non-hydrogen) atoms. The molecule has 3 rings (SSSR count). The highest BCUT2D eigenvalue weighted by Crippen LogP contribution is 2.20. The lowest BCUT2D eigenvalue weighted by atomic mass is 10.00. The van der Waals surface area contributed by atoms with E-state index in [0.29, 0.717) is 12.2 Å². The Hall–Kier alpha value is -2.27. The van der Waals surface area contributed by atoms with Gasteiger partial charge in [-0.05, 0) is 17.5 Å². The van der Waals surface area contributed by atoms with Gasteiger partial charge in [-0.1, -0.05) is 24.3 Å². The number of carboxylic acid groups (broad SMARTS) is 1. The number of carboxylic acids is 1. The number of fused-ring (bicyclic) bond motifs is 1. The van der Waals surface area contributed by atoms with Gasteiger partial charge in [-0.3, -0.25) is 4.90 Å². The average molecular weight is 269 g/mol. The maximum Gasteiger partial charge on any atom is 0.339 e. The molecule has 1 aliphatic rings. The van der Waals surface area contributed by atoms with Gasteiger partial charge in [-0.15, -0.1) is 0 Å². The average Bonchev–Trinajstić information content (AvgIpc) is 2.47. The first-order chi connectivity index (χ1) is 9.74. The highest BCUT2D eigenvalue weighted by Gasteiger charge is 2.19. The van der Waals surface area contributed by atoms with Crippen molar-refractivity contribution in [2.75, 3.05) is 6.54 Å². The molecule has 0 radical (unpaired) electrons. The largest absolute Gasteiger partial charge is 0.478 e. The van der Waals surface area contributed by atoms with E-state index in [0.717, 1.165) is 19.5 Å². The minimum absolute atomic E-state index is 0.186.